The number of hydrogen-bond donors (Lipinski definition) is 0. The maximum atomic E-state index is 14.6. The molecule has 1 saturated heterocycles. The third-order valence-corrected chi connectivity index (χ3v) is 7.07. The number of nitrogens with zero attached hydrogens (tertiary/aromatic N) is 7. The lowest BCUT2D eigenvalue weighted by molar-refractivity contribution is 0.0364. The van der Waals surface area contributed by atoms with Gasteiger partial charge in [0.15, 0.2) is 11.5 Å². The number of morpholine rings is 1. The fraction of sp³-hybridized carbons (Fsp3) is 0.458. The highest BCUT2D eigenvalue weighted by molar-refractivity contribution is 5.87. The van der Waals surface area contributed by atoms with Gasteiger partial charge in [-0.25, -0.2) is 9.37 Å². The third kappa shape index (κ3) is 3.69. The summed E-state index contributed by atoms with van der Waals surface area (Å²) in [6.45, 7) is 3.59. The van der Waals surface area contributed by atoms with E-state index in [0.717, 1.165) is 38.8 Å². The Morgan fingerprint density at radius 3 is 2.71 bits per heavy atom. The van der Waals surface area contributed by atoms with Gasteiger partial charge in [0.2, 0.25) is 0 Å². The monoisotopic (exact) mass is 477 g/mol. The predicted molar refractivity (Wildman–Crippen MR) is 123 cm³/mol. The van der Waals surface area contributed by atoms with Gasteiger partial charge in [0.05, 0.1) is 24.2 Å². The zero-order valence-corrected chi connectivity index (χ0v) is 19.1. The van der Waals surface area contributed by atoms with Crippen molar-refractivity contribution in [2.45, 2.75) is 38.1 Å². The highest BCUT2D eigenvalue weighted by atomic mass is 19.1. The number of benzene rings is 1. The number of fused-ring (bicyclic) bond motifs is 3. The van der Waals surface area contributed by atoms with Crippen LogP contribution in [0.5, 0.6) is 0 Å². The molecule has 2 fully saturated rings. The SMILES string of the molecule is N#Cc1c(F)ccc2c1n(CCN1CCOCC1)c(=O)c1c(-c3nc(C4CCCC4)no3)ncn12. The zero-order chi connectivity index (χ0) is 23.9. The second-order valence-corrected chi connectivity index (χ2v) is 9.06. The summed E-state index contributed by atoms with van der Waals surface area (Å²) in [5.74, 6) is 0.417. The van der Waals surface area contributed by atoms with Crippen molar-refractivity contribution in [1.82, 2.24) is 29.0 Å². The van der Waals surface area contributed by atoms with Gasteiger partial charge in [-0.2, -0.15) is 10.2 Å². The molecule has 0 spiro atoms. The first-order valence-corrected chi connectivity index (χ1v) is 11.9. The van der Waals surface area contributed by atoms with E-state index in [1.807, 2.05) is 6.07 Å². The Morgan fingerprint density at radius 2 is 1.94 bits per heavy atom. The van der Waals surface area contributed by atoms with Crippen LogP contribution in [0.3, 0.4) is 0 Å². The first-order valence-electron chi connectivity index (χ1n) is 11.9. The van der Waals surface area contributed by atoms with Crippen LogP contribution in [-0.2, 0) is 11.3 Å². The number of halogens is 1. The van der Waals surface area contributed by atoms with Crippen molar-refractivity contribution in [3.8, 4) is 17.7 Å². The van der Waals surface area contributed by atoms with Gasteiger partial charge < -0.3 is 13.8 Å². The van der Waals surface area contributed by atoms with Crippen LogP contribution in [-0.4, -0.2) is 61.8 Å². The van der Waals surface area contributed by atoms with Gasteiger partial charge in [-0.15, -0.1) is 0 Å². The van der Waals surface area contributed by atoms with E-state index in [1.165, 1.54) is 17.0 Å². The molecule has 0 bridgehead atoms. The van der Waals surface area contributed by atoms with Crippen molar-refractivity contribution >= 4 is 16.6 Å². The molecule has 180 valence electrons. The van der Waals surface area contributed by atoms with E-state index in [2.05, 4.69) is 20.0 Å². The summed E-state index contributed by atoms with van der Waals surface area (Å²) in [7, 11) is 0. The molecule has 0 amide bonds. The van der Waals surface area contributed by atoms with E-state index in [9.17, 15) is 14.4 Å². The summed E-state index contributed by atoms with van der Waals surface area (Å²) in [6, 6.07) is 4.74. The van der Waals surface area contributed by atoms with Gasteiger partial charge in [0.1, 0.15) is 29.3 Å². The summed E-state index contributed by atoms with van der Waals surface area (Å²) >= 11 is 0. The Morgan fingerprint density at radius 1 is 1.14 bits per heavy atom. The van der Waals surface area contributed by atoms with Crippen molar-refractivity contribution in [3.05, 3.63) is 46.0 Å². The van der Waals surface area contributed by atoms with E-state index in [0.29, 0.717) is 31.1 Å². The fourth-order valence-corrected chi connectivity index (χ4v) is 5.21. The van der Waals surface area contributed by atoms with Crippen LogP contribution in [0.15, 0.2) is 27.8 Å². The molecular formula is C24H24FN7O3. The predicted octanol–water partition coefficient (Wildman–Crippen LogP) is 2.70. The van der Waals surface area contributed by atoms with Gasteiger partial charge in [0.25, 0.3) is 11.4 Å². The van der Waals surface area contributed by atoms with Gasteiger partial charge >= 0.3 is 0 Å². The second kappa shape index (κ2) is 8.87. The Labute approximate surface area is 199 Å². The first kappa shape index (κ1) is 21.9. The van der Waals surface area contributed by atoms with E-state index in [1.54, 1.807) is 10.5 Å². The summed E-state index contributed by atoms with van der Waals surface area (Å²) < 4.78 is 28.6. The number of imidazole rings is 1. The molecule has 1 aliphatic heterocycles. The third-order valence-electron chi connectivity index (χ3n) is 7.07. The summed E-state index contributed by atoms with van der Waals surface area (Å²) in [5.41, 5.74) is 0.752. The van der Waals surface area contributed by atoms with Crippen LogP contribution < -0.4 is 5.56 Å². The molecule has 6 rings (SSSR count). The molecule has 2 aliphatic rings. The summed E-state index contributed by atoms with van der Waals surface area (Å²) in [4.78, 5) is 25.0. The van der Waals surface area contributed by atoms with Crippen LogP contribution >= 0.6 is 0 Å². The van der Waals surface area contributed by atoms with Crippen LogP contribution in [0.4, 0.5) is 4.39 Å². The maximum Gasteiger partial charge on any atom is 0.278 e. The topological polar surface area (TPSA) is 114 Å². The van der Waals surface area contributed by atoms with Crippen LogP contribution in [0, 0.1) is 17.1 Å². The smallest absolute Gasteiger partial charge is 0.278 e. The lowest BCUT2D eigenvalue weighted by Crippen LogP contribution is -2.39. The quantitative estimate of drug-likeness (QED) is 0.431. The molecule has 1 saturated carbocycles. The van der Waals surface area contributed by atoms with E-state index >= 15 is 0 Å². The standard InChI is InChI=1S/C24H24FN7O3/c25-17-5-6-18-20(16(17)13-26)31(8-7-30-9-11-34-12-10-30)24(33)21-19(27-14-32(18)21)23-28-22(29-35-23)15-3-1-2-4-15/h5-6,14-15H,1-4,7-12H2. The normalized spacial score (nSPS) is 17.5. The molecule has 35 heavy (non-hydrogen) atoms. The highest BCUT2D eigenvalue weighted by Crippen LogP contribution is 2.34. The minimum Gasteiger partial charge on any atom is -0.379 e. The van der Waals surface area contributed by atoms with Gasteiger partial charge in [0, 0.05) is 32.1 Å². The number of nitriles is 1. The number of aromatic nitrogens is 5. The second-order valence-electron chi connectivity index (χ2n) is 9.06. The first-order chi connectivity index (χ1) is 17.2. The molecule has 3 aromatic heterocycles. The molecule has 1 aromatic carbocycles. The van der Waals surface area contributed by atoms with Gasteiger partial charge in [-0.05, 0) is 25.0 Å². The number of hydrogen-bond acceptors (Lipinski definition) is 8. The molecular weight excluding hydrogens is 453 g/mol. The maximum absolute atomic E-state index is 14.6. The molecule has 0 radical (unpaired) electrons. The molecule has 1 aliphatic carbocycles. The van der Waals surface area contributed by atoms with Crippen molar-refractivity contribution in [1.29, 1.82) is 5.26 Å². The summed E-state index contributed by atoms with van der Waals surface area (Å²) in [5, 5.41) is 13.9. The average molecular weight is 478 g/mol. The molecule has 4 aromatic rings. The lowest BCUT2D eigenvalue weighted by atomic mass is 10.1. The molecule has 4 heterocycles. The van der Waals surface area contributed by atoms with Crippen molar-refractivity contribution in [2.24, 2.45) is 0 Å². The van der Waals surface area contributed by atoms with E-state index < -0.39 is 5.82 Å². The largest absolute Gasteiger partial charge is 0.379 e. The molecule has 0 atom stereocenters. The molecule has 0 unspecified atom stereocenters. The minimum absolute atomic E-state index is 0.167. The van der Waals surface area contributed by atoms with Crippen molar-refractivity contribution in [2.75, 3.05) is 32.8 Å². The Balaban J connectivity index is 1.52. The minimum atomic E-state index is -0.669. The van der Waals surface area contributed by atoms with Crippen LogP contribution in [0.25, 0.3) is 28.1 Å². The molecule has 0 N–H and O–H groups in total. The number of rotatable bonds is 5. The van der Waals surface area contributed by atoms with Crippen molar-refractivity contribution < 1.29 is 13.7 Å². The number of ether oxygens (including phenoxy) is 1. The molecule has 11 heteroatoms. The van der Waals surface area contributed by atoms with Crippen molar-refractivity contribution in [3.63, 3.8) is 0 Å². The Hall–Kier alpha value is -3.62. The van der Waals surface area contributed by atoms with E-state index in [4.69, 9.17) is 9.26 Å². The van der Waals surface area contributed by atoms with Gasteiger partial charge in [-0.1, -0.05) is 18.0 Å². The summed E-state index contributed by atoms with van der Waals surface area (Å²) in [6.07, 6.45) is 5.80. The van der Waals surface area contributed by atoms with Gasteiger partial charge in [-0.3, -0.25) is 14.1 Å². The average Bonchev–Trinajstić information content (AvgIpc) is 3.65. The van der Waals surface area contributed by atoms with Crippen LogP contribution in [0.2, 0.25) is 0 Å². The Kier molecular flexibility index (Phi) is 5.54. The highest BCUT2D eigenvalue weighted by Gasteiger charge is 2.27. The fourth-order valence-electron chi connectivity index (χ4n) is 5.21. The van der Waals surface area contributed by atoms with Crippen LogP contribution in [0.1, 0.15) is 43.0 Å². The van der Waals surface area contributed by atoms with E-state index in [-0.39, 0.29) is 46.2 Å². The molecule has 10 nitrogen and oxygen atoms in total. The Bertz CT molecular complexity index is 1500. The lowest BCUT2D eigenvalue weighted by Gasteiger charge is -2.27. The zero-order valence-electron chi connectivity index (χ0n) is 19.1.